The molecular formula is C41H39N3O5. The number of aromatic nitrogens is 1. The number of amides is 2. The monoisotopic (exact) mass is 653 g/mol. The van der Waals surface area contributed by atoms with Crippen LogP contribution in [0.25, 0.3) is 11.1 Å². The van der Waals surface area contributed by atoms with E-state index < -0.39 is 6.29 Å². The summed E-state index contributed by atoms with van der Waals surface area (Å²) in [6.07, 6.45) is 2.55. The molecule has 2 aliphatic rings. The number of benzene rings is 4. The Balaban J connectivity index is 1.09. The predicted molar refractivity (Wildman–Crippen MR) is 186 cm³/mol. The quantitative estimate of drug-likeness (QED) is 0.158. The van der Waals surface area contributed by atoms with Gasteiger partial charge in [-0.1, -0.05) is 91.0 Å². The highest BCUT2D eigenvalue weighted by Gasteiger charge is 2.36. The van der Waals surface area contributed by atoms with Crippen molar-refractivity contribution in [2.24, 2.45) is 0 Å². The Morgan fingerprint density at radius 3 is 2.10 bits per heavy atom. The van der Waals surface area contributed by atoms with Gasteiger partial charge in [0, 0.05) is 43.4 Å². The highest BCUT2D eigenvalue weighted by atomic mass is 16.7. The largest absolute Gasteiger partial charge is 0.392 e. The summed E-state index contributed by atoms with van der Waals surface area (Å²) in [7, 11) is 2.11. The molecule has 0 bridgehead atoms. The lowest BCUT2D eigenvalue weighted by molar-refractivity contribution is -0.252. The average molecular weight is 654 g/mol. The summed E-state index contributed by atoms with van der Waals surface area (Å²) in [6, 6.07) is 36.9. The molecule has 0 radical (unpaired) electrons. The van der Waals surface area contributed by atoms with Crippen LogP contribution in [0.4, 0.5) is 0 Å². The van der Waals surface area contributed by atoms with Crippen LogP contribution < -0.4 is 0 Å². The summed E-state index contributed by atoms with van der Waals surface area (Å²) in [5.41, 5.74) is 7.56. The smallest absolute Gasteiger partial charge is 0.261 e. The van der Waals surface area contributed by atoms with Gasteiger partial charge in [0.25, 0.3) is 11.8 Å². The van der Waals surface area contributed by atoms with Gasteiger partial charge < -0.3 is 19.5 Å². The summed E-state index contributed by atoms with van der Waals surface area (Å²) >= 11 is 0. The summed E-state index contributed by atoms with van der Waals surface area (Å²) in [4.78, 5) is 34.3. The van der Waals surface area contributed by atoms with Crippen LogP contribution in [-0.4, -0.2) is 57.9 Å². The molecule has 7 rings (SSSR count). The fourth-order valence-corrected chi connectivity index (χ4v) is 6.64. The van der Waals surface area contributed by atoms with E-state index in [-0.39, 0.29) is 37.2 Å². The lowest BCUT2D eigenvalue weighted by Crippen LogP contribution is -2.38. The first-order chi connectivity index (χ1) is 24.0. The lowest BCUT2D eigenvalue weighted by atomic mass is 9.97. The molecule has 0 saturated carbocycles. The number of hydrogen-bond acceptors (Lipinski definition) is 7. The van der Waals surface area contributed by atoms with Crippen molar-refractivity contribution >= 4 is 11.8 Å². The Morgan fingerprint density at radius 1 is 0.776 bits per heavy atom. The molecule has 0 spiro atoms. The zero-order valence-electron chi connectivity index (χ0n) is 27.4. The molecule has 3 atom stereocenters. The number of fused-ring (bicyclic) bond motifs is 1. The number of rotatable bonds is 11. The van der Waals surface area contributed by atoms with E-state index in [9.17, 15) is 14.7 Å². The van der Waals surface area contributed by atoms with Gasteiger partial charge in [0.05, 0.1) is 36.5 Å². The van der Waals surface area contributed by atoms with Gasteiger partial charge in [0.1, 0.15) is 0 Å². The van der Waals surface area contributed by atoms with Crippen molar-refractivity contribution in [2.45, 2.75) is 44.5 Å². The van der Waals surface area contributed by atoms with Crippen LogP contribution in [0.3, 0.4) is 0 Å². The Kier molecular flexibility index (Phi) is 9.72. The molecule has 0 aliphatic carbocycles. The Morgan fingerprint density at radius 2 is 1.43 bits per heavy atom. The highest BCUT2D eigenvalue weighted by molar-refractivity contribution is 6.21. The second kappa shape index (κ2) is 14.6. The molecule has 49 heavy (non-hydrogen) atoms. The maximum Gasteiger partial charge on any atom is 0.261 e. The maximum atomic E-state index is 13.1. The minimum Gasteiger partial charge on any atom is -0.392 e. The molecule has 8 heteroatoms. The highest BCUT2D eigenvalue weighted by Crippen LogP contribution is 2.39. The van der Waals surface area contributed by atoms with Gasteiger partial charge in [0.2, 0.25) is 0 Å². The fourth-order valence-electron chi connectivity index (χ4n) is 6.64. The zero-order valence-corrected chi connectivity index (χ0v) is 27.4. The number of pyridine rings is 1. The molecule has 5 aromatic rings. The van der Waals surface area contributed by atoms with Gasteiger partial charge in [-0.3, -0.25) is 19.5 Å². The van der Waals surface area contributed by atoms with Gasteiger partial charge in [0.15, 0.2) is 6.29 Å². The van der Waals surface area contributed by atoms with Gasteiger partial charge >= 0.3 is 0 Å². The third kappa shape index (κ3) is 7.23. The number of ether oxygens (including phenoxy) is 2. The van der Waals surface area contributed by atoms with Crippen molar-refractivity contribution in [1.29, 1.82) is 0 Å². The summed E-state index contributed by atoms with van der Waals surface area (Å²) in [6.45, 7) is 1.77. The molecule has 4 aromatic carbocycles. The molecule has 1 N–H and O–H groups in total. The van der Waals surface area contributed by atoms with E-state index in [1.165, 1.54) is 4.90 Å². The molecule has 248 valence electrons. The van der Waals surface area contributed by atoms with Crippen molar-refractivity contribution in [1.82, 2.24) is 14.8 Å². The van der Waals surface area contributed by atoms with Crippen LogP contribution in [0.1, 0.15) is 67.5 Å². The molecule has 2 aliphatic heterocycles. The van der Waals surface area contributed by atoms with E-state index in [0.29, 0.717) is 17.5 Å². The minimum absolute atomic E-state index is 0.00495. The fraction of sp³-hybridized carbons (Fsp3) is 0.244. The second-order valence-corrected chi connectivity index (χ2v) is 12.7. The van der Waals surface area contributed by atoms with Crippen molar-refractivity contribution in [3.8, 4) is 11.1 Å². The zero-order chi connectivity index (χ0) is 33.7. The SMILES string of the molecule is CN(CCc1ccccn1)CC1CC(c2ccc(CO)cc2)OC(c2ccc(-c3ccccc3CN3C(=O)c4ccccc4C3=O)cc2)O1. The van der Waals surface area contributed by atoms with E-state index in [2.05, 4.69) is 16.9 Å². The molecule has 1 aromatic heterocycles. The van der Waals surface area contributed by atoms with Gasteiger partial charge in [-0.2, -0.15) is 0 Å². The average Bonchev–Trinajstić information content (AvgIpc) is 3.39. The predicted octanol–water partition coefficient (Wildman–Crippen LogP) is 6.76. The van der Waals surface area contributed by atoms with E-state index in [1.54, 1.807) is 24.3 Å². The Bertz CT molecular complexity index is 1880. The number of likely N-dealkylation sites (N-methyl/N-ethyl adjacent to an activating group) is 1. The number of aliphatic hydroxyl groups is 1. The number of carbonyl (C=O) groups excluding carboxylic acids is 2. The number of aliphatic hydroxyl groups excluding tert-OH is 1. The van der Waals surface area contributed by atoms with E-state index in [1.807, 2.05) is 97.2 Å². The molecule has 1 saturated heterocycles. The van der Waals surface area contributed by atoms with Gasteiger partial charge in [-0.05, 0) is 59.1 Å². The molecule has 1 fully saturated rings. The van der Waals surface area contributed by atoms with Crippen molar-refractivity contribution in [2.75, 3.05) is 20.1 Å². The number of hydrogen-bond donors (Lipinski definition) is 1. The Hall–Kier alpha value is -4.99. The normalized spacial score (nSPS) is 19.0. The third-order valence-electron chi connectivity index (χ3n) is 9.32. The van der Waals surface area contributed by atoms with Gasteiger partial charge in [-0.15, -0.1) is 0 Å². The topological polar surface area (TPSA) is 92.2 Å². The Labute approximate surface area is 286 Å². The number of nitrogens with zero attached hydrogens (tertiary/aromatic N) is 3. The number of imide groups is 1. The van der Waals surface area contributed by atoms with Gasteiger partial charge in [-0.25, -0.2) is 0 Å². The molecule has 3 heterocycles. The first-order valence-corrected chi connectivity index (χ1v) is 16.7. The first kappa shape index (κ1) is 32.6. The molecule has 8 nitrogen and oxygen atoms in total. The summed E-state index contributed by atoms with van der Waals surface area (Å²) < 4.78 is 13.2. The van der Waals surface area contributed by atoms with Crippen molar-refractivity contribution in [3.63, 3.8) is 0 Å². The van der Waals surface area contributed by atoms with Crippen molar-refractivity contribution < 1.29 is 24.2 Å². The van der Waals surface area contributed by atoms with Crippen molar-refractivity contribution in [3.05, 3.63) is 161 Å². The lowest BCUT2D eigenvalue weighted by Gasteiger charge is -2.38. The molecular weight excluding hydrogens is 614 g/mol. The summed E-state index contributed by atoms with van der Waals surface area (Å²) in [5.74, 6) is -0.537. The minimum atomic E-state index is -0.576. The second-order valence-electron chi connectivity index (χ2n) is 12.7. The van der Waals surface area contributed by atoms with E-state index in [4.69, 9.17) is 9.47 Å². The molecule has 2 amide bonds. The standard InChI is InChI=1S/C41H39N3O5/c1-43(23-21-33-9-6-7-22-42-33)26-34-24-38(30-15-13-28(27-45)14-16-30)49-41(48-34)31-19-17-29(18-20-31)35-10-3-2-8-32(35)25-44-39(46)36-11-4-5-12-37(36)40(44)47/h2-20,22,34,38,41,45H,21,23-27H2,1H3. The van der Waals surface area contributed by atoms with Crippen LogP contribution in [0, 0.1) is 0 Å². The number of carbonyl (C=O) groups is 2. The van der Waals surface area contributed by atoms with Crippen LogP contribution >= 0.6 is 0 Å². The van der Waals surface area contributed by atoms with Crippen LogP contribution in [0.15, 0.2) is 121 Å². The maximum absolute atomic E-state index is 13.1. The van der Waals surface area contributed by atoms with Crippen LogP contribution in [0.5, 0.6) is 0 Å². The third-order valence-corrected chi connectivity index (χ3v) is 9.32. The first-order valence-electron chi connectivity index (χ1n) is 16.7. The summed E-state index contributed by atoms with van der Waals surface area (Å²) in [5, 5.41) is 9.56. The van der Waals surface area contributed by atoms with Crippen LogP contribution in [0.2, 0.25) is 0 Å². The van der Waals surface area contributed by atoms with E-state index >= 15 is 0 Å². The van der Waals surface area contributed by atoms with Crippen LogP contribution in [-0.2, 0) is 29.0 Å². The van der Waals surface area contributed by atoms with E-state index in [0.717, 1.165) is 58.6 Å². The molecule has 3 unspecified atom stereocenters.